The number of hydrogen-bond donors (Lipinski definition) is 1. The zero-order chi connectivity index (χ0) is 25.0. The number of halogens is 1. The van der Waals surface area contributed by atoms with Crippen LogP contribution >= 0.6 is 11.6 Å². The molecule has 2 aliphatic heterocycles. The van der Waals surface area contributed by atoms with Crippen LogP contribution in [0.1, 0.15) is 48.6 Å². The third-order valence-corrected chi connectivity index (χ3v) is 7.18. The zero-order valence-electron chi connectivity index (χ0n) is 21.1. The van der Waals surface area contributed by atoms with Gasteiger partial charge in [0, 0.05) is 55.9 Å². The molecule has 0 saturated carbocycles. The lowest BCUT2D eigenvalue weighted by Gasteiger charge is -2.32. The van der Waals surface area contributed by atoms with Gasteiger partial charge in [0.05, 0.1) is 0 Å². The predicted octanol–water partition coefficient (Wildman–Crippen LogP) is 3.78. The molecule has 2 saturated heterocycles. The molecule has 1 aromatic carbocycles. The lowest BCUT2D eigenvalue weighted by molar-refractivity contribution is -0.133. The average molecular weight is 499 g/mol. The SMILES string of the molecule is CC=O.CN1CCC(CC(=O)N2CCNCC2)CC1.Clc1ccc2c(c1)CCc1cccnc1C2. The second-order valence-electron chi connectivity index (χ2n) is 9.52. The highest BCUT2D eigenvalue weighted by Gasteiger charge is 2.23. The van der Waals surface area contributed by atoms with Gasteiger partial charge in [-0.15, -0.1) is 0 Å². The summed E-state index contributed by atoms with van der Waals surface area (Å²) in [7, 11) is 2.16. The summed E-state index contributed by atoms with van der Waals surface area (Å²) >= 11 is 6.03. The smallest absolute Gasteiger partial charge is 0.222 e. The first-order valence-electron chi connectivity index (χ1n) is 12.8. The molecular weight excluding hydrogens is 460 g/mol. The molecule has 3 heterocycles. The first-order chi connectivity index (χ1) is 17.0. The number of nitrogens with zero attached hydrogens (tertiary/aromatic N) is 3. The minimum atomic E-state index is 0.371. The number of pyridine rings is 1. The molecule has 6 nitrogen and oxygen atoms in total. The lowest BCUT2D eigenvalue weighted by atomic mass is 9.93. The van der Waals surface area contributed by atoms with Gasteiger partial charge in [0.2, 0.25) is 5.91 Å². The molecule has 3 aliphatic rings. The number of amides is 1. The van der Waals surface area contributed by atoms with Crippen LogP contribution in [0.3, 0.4) is 0 Å². The Kier molecular flexibility index (Phi) is 11.2. The van der Waals surface area contributed by atoms with Gasteiger partial charge in [0.15, 0.2) is 0 Å². The largest absolute Gasteiger partial charge is 0.340 e. The summed E-state index contributed by atoms with van der Waals surface area (Å²) in [5, 5.41) is 4.11. The first kappa shape index (κ1) is 27.3. The Hall–Kier alpha value is -2.28. The molecule has 5 rings (SSSR count). The van der Waals surface area contributed by atoms with Crippen LogP contribution in [-0.2, 0) is 28.9 Å². The van der Waals surface area contributed by atoms with Crippen LogP contribution in [0.25, 0.3) is 0 Å². The molecule has 2 aromatic rings. The van der Waals surface area contributed by atoms with E-state index >= 15 is 0 Å². The topological polar surface area (TPSA) is 65.5 Å². The summed E-state index contributed by atoms with van der Waals surface area (Å²) in [6, 6.07) is 10.4. The van der Waals surface area contributed by atoms with Crippen LogP contribution in [0.5, 0.6) is 0 Å². The third-order valence-electron chi connectivity index (χ3n) is 6.95. The molecule has 1 aliphatic carbocycles. The summed E-state index contributed by atoms with van der Waals surface area (Å²) in [5.41, 5.74) is 5.31. The van der Waals surface area contributed by atoms with Crippen LogP contribution in [-0.4, -0.2) is 73.3 Å². The van der Waals surface area contributed by atoms with Crippen molar-refractivity contribution in [2.45, 2.75) is 45.4 Å². The van der Waals surface area contributed by atoms with Crippen LogP contribution in [0, 0.1) is 5.92 Å². The monoisotopic (exact) mass is 498 g/mol. The fraction of sp³-hybridized carbons (Fsp3) is 0.536. The summed E-state index contributed by atoms with van der Waals surface area (Å²) in [6.07, 6.45) is 8.84. The van der Waals surface area contributed by atoms with Crippen LogP contribution < -0.4 is 5.32 Å². The van der Waals surface area contributed by atoms with Crippen LogP contribution in [0.15, 0.2) is 36.5 Å². The summed E-state index contributed by atoms with van der Waals surface area (Å²) in [6.45, 7) is 7.45. The molecular formula is C28H39ClN4O2. The Balaban J connectivity index is 0.000000176. The molecule has 0 spiro atoms. The van der Waals surface area contributed by atoms with Gasteiger partial charge in [-0.1, -0.05) is 23.7 Å². The quantitative estimate of drug-likeness (QED) is 0.638. The average Bonchev–Trinajstić information content (AvgIpc) is 3.06. The maximum atomic E-state index is 12.0. The molecule has 1 aromatic heterocycles. The number of aldehydes is 1. The second kappa shape index (κ2) is 14.3. The van der Waals surface area contributed by atoms with Crippen molar-refractivity contribution in [3.63, 3.8) is 0 Å². The van der Waals surface area contributed by atoms with E-state index in [-0.39, 0.29) is 0 Å². The second-order valence-corrected chi connectivity index (χ2v) is 9.95. The minimum absolute atomic E-state index is 0.371. The molecule has 0 atom stereocenters. The number of carbonyl (C=O) groups is 2. The number of fused-ring (bicyclic) bond motifs is 2. The van der Waals surface area contributed by atoms with Crippen molar-refractivity contribution in [1.82, 2.24) is 20.1 Å². The van der Waals surface area contributed by atoms with Crippen molar-refractivity contribution in [3.8, 4) is 0 Å². The molecule has 35 heavy (non-hydrogen) atoms. The summed E-state index contributed by atoms with van der Waals surface area (Å²) in [4.78, 5) is 29.7. The van der Waals surface area contributed by atoms with E-state index in [2.05, 4.69) is 40.4 Å². The van der Waals surface area contributed by atoms with Gasteiger partial charge < -0.3 is 19.9 Å². The van der Waals surface area contributed by atoms with E-state index in [1.165, 1.54) is 42.1 Å². The van der Waals surface area contributed by atoms with Crippen molar-refractivity contribution >= 4 is 23.8 Å². The Bertz CT molecular complexity index is 954. The molecule has 7 heteroatoms. The molecule has 0 unspecified atom stereocenters. The highest BCUT2D eigenvalue weighted by atomic mass is 35.5. The molecule has 1 N–H and O–H groups in total. The molecule has 2 fully saturated rings. The number of aromatic nitrogens is 1. The van der Waals surface area contributed by atoms with Gasteiger partial charge in [-0.25, -0.2) is 0 Å². The van der Waals surface area contributed by atoms with Gasteiger partial charge in [0.1, 0.15) is 6.29 Å². The number of nitrogens with one attached hydrogen (secondary N) is 1. The number of carbonyl (C=O) groups excluding carboxylic acids is 2. The van der Waals surface area contributed by atoms with E-state index in [9.17, 15) is 4.79 Å². The molecule has 0 radical (unpaired) electrons. The van der Waals surface area contributed by atoms with Crippen molar-refractivity contribution in [2.75, 3.05) is 46.3 Å². The number of piperazine rings is 1. The molecule has 190 valence electrons. The van der Waals surface area contributed by atoms with Gasteiger partial charge in [-0.05, 0) is 93.6 Å². The van der Waals surface area contributed by atoms with Gasteiger partial charge in [-0.3, -0.25) is 9.78 Å². The number of piperidine rings is 1. The summed E-state index contributed by atoms with van der Waals surface area (Å²) in [5.74, 6) is 0.995. The number of likely N-dealkylation sites (tertiary alicyclic amines) is 1. The zero-order valence-corrected chi connectivity index (χ0v) is 21.9. The third kappa shape index (κ3) is 8.71. The highest BCUT2D eigenvalue weighted by molar-refractivity contribution is 6.30. The maximum Gasteiger partial charge on any atom is 0.222 e. The van der Waals surface area contributed by atoms with Gasteiger partial charge >= 0.3 is 0 Å². The lowest BCUT2D eigenvalue weighted by Crippen LogP contribution is -2.47. The van der Waals surface area contributed by atoms with E-state index in [0.29, 0.717) is 11.8 Å². The summed E-state index contributed by atoms with van der Waals surface area (Å²) < 4.78 is 0. The fourth-order valence-corrected chi connectivity index (χ4v) is 5.06. The number of hydrogen-bond acceptors (Lipinski definition) is 5. The van der Waals surface area contributed by atoms with E-state index in [4.69, 9.17) is 16.4 Å². The van der Waals surface area contributed by atoms with Gasteiger partial charge in [0.25, 0.3) is 0 Å². The Morgan fingerprint density at radius 2 is 1.77 bits per heavy atom. The van der Waals surface area contributed by atoms with Crippen molar-refractivity contribution in [1.29, 1.82) is 0 Å². The van der Waals surface area contributed by atoms with E-state index in [1.54, 1.807) is 0 Å². The minimum Gasteiger partial charge on any atom is -0.340 e. The molecule has 0 bridgehead atoms. The van der Waals surface area contributed by atoms with Crippen molar-refractivity contribution in [2.24, 2.45) is 5.92 Å². The number of aryl methyl sites for hydroxylation is 2. The Labute approximate surface area is 215 Å². The van der Waals surface area contributed by atoms with Gasteiger partial charge in [-0.2, -0.15) is 0 Å². The first-order valence-corrected chi connectivity index (χ1v) is 13.1. The number of benzene rings is 1. The van der Waals surface area contributed by atoms with Crippen LogP contribution in [0.2, 0.25) is 5.02 Å². The maximum absolute atomic E-state index is 12.0. The van der Waals surface area contributed by atoms with E-state index in [0.717, 1.165) is 76.3 Å². The van der Waals surface area contributed by atoms with Crippen molar-refractivity contribution < 1.29 is 9.59 Å². The Morgan fingerprint density at radius 1 is 1.09 bits per heavy atom. The highest BCUT2D eigenvalue weighted by Crippen LogP contribution is 2.25. The van der Waals surface area contributed by atoms with Crippen LogP contribution in [0.4, 0.5) is 0 Å². The predicted molar refractivity (Wildman–Crippen MR) is 142 cm³/mol. The van der Waals surface area contributed by atoms with E-state index in [1.807, 2.05) is 23.2 Å². The number of rotatable bonds is 2. The van der Waals surface area contributed by atoms with Crippen molar-refractivity contribution in [3.05, 3.63) is 63.9 Å². The van der Waals surface area contributed by atoms with E-state index < -0.39 is 0 Å². The standard InChI is InChI=1S/C14H12ClN.C12H23N3O.C2H4O/c15-13-6-5-12-9-14-10(2-1-7-16-14)3-4-11(12)8-13;1-14-6-2-11(3-7-14)10-12(16)15-8-4-13-5-9-15;1-2-3/h1-2,5-8H,3-4,9H2;11,13H,2-10H2,1H3;2H,1H3. The fourth-order valence-electron chi connectivity index (χ4n) is 4.86. The molecule has 1 amide bonds. The normalized spacial score (nSPS) is 18.0. The Morgan fingerprint density at radius 3 is 2.49 bits per heavy atom.